The maximum Gasteiger partial charge on any atom is 0.341 e. The summed E-state index contributed by atoms with van der Waals surface area (Å²) in [5.41, 5.74) is -0.0228. The summed E-state index contributed by atoms with van der Waals surface area (Å²) in [6.07, 6.45) is 0. The number of benzene rings is 1. The molecule has 0 N–H and O–H groups in total. The molecule has 1 aliphatic rings. The monoisotopic (exact) mass is 284 g/mol. The number of nitrogens with zero attached hydrogens (tertiary/aromatic N) is 1. The Morgan fingerprint density at radius 3 is 2.24 bits per heavy atom. The SMILES string of the molecule is CC1(C)c2cc(-c3ccccc3)oc(=O)c2C(C)(C)N1[O]. The van der Waals surface area contributed by atoms with Gasteiger partial charge >= 0.3 is 5.63 Å². The average molecular weight is 284 g/mol. The van der Waals surface area contributed by atoms with Crippen LogP contribution in [0.15, 0.2) is 45.6 Å². The second-order valence-corrected chi connectivity index (χ2v) is 6.47. The molecule has 4 heteroatoms. The molecule has 21 heavy (non-hydrogen) atoms. The Morgan fingerprint density at radius 1 is 1.00 bits per heavy atom. The van der Waals surface area contributed by atoms with Gasteiger partial charge in [0.25, 0.3) is 0 Å². The first-order valence-corrected chi connectivity index (χ1v) is 6.98. The van der Waals surface area contributed by atoms with E-state index in [1.165, 1.54) is 0 Å². The zero-order valence-electron chi connectivity index (χ0n) is 12.6. The van der Waals surface area contributed by atoms with Crippen molar-refractivity contribution in [1.82, 2.24) is 5.06 Å². The van der Waals surface area contributed by atoms with E-state index in [0.717, 1.165) is 16.2 Å². The lowest BCUT2D eigenvalue weighted by Gasteiger charge is -2.31. The number of fused-ring (bicyclic) bond motifs is 1. The lowest BCUT2D eigenvalue weighted by Crippen LogP contribution is -2.42. The van der Waals surface area contributed by atoms with E-state index < -0.39 is 16.7 Å². The number of hydroxylamine groups is 2. The molecule has 0 saturated carbocycles. The molecule has 1 aromatic carbocycles. The Morgan fingerprint density at radius 2 is 1.62 bits per heavy atom. The fourth-order valence-corrected chi connectivity index (χ4v) is 3.21. The average Bonchev–Trinajstić information content (AvgIpc) is 2.58. The van der Waals surface area contributed by atoms with Crippen molar-refractivity contribution in [3.63, 3.8) is 0 Å². The second kappa shape index (κ2) is 4.29. The second-order valence-electron chi connectivity index (χ2n) is 6.47. The largest absolute Gasteiger partial charge is 0.422 e. The molecule has 0 atom stereocenters. The van der Waals surface area contributed by atoms with Gasteiger partial charge in [-0.2, -0.15) is 0 Å². The fraction of sp³-hybridized carbons (Fsp3) is 0.353. The van der Waals surface area contributed by atoms with E-state index in [1.807, 2.05) is 50.2 Å². The van der Waals surface area contributed by atoms with Crippen molar-refractivity contribution < 1.29 is 9.62 Å². The van der Waals surface area contributed by atoms with Crippen LogP contribution in [-0.2, 0) is 16.3 Å². The van der Waals surface area contributed by atoms with Gasteiger partial charge in [0.2, 0.25) is 0 Å². The van der Waals surface area contributed by atoms with Gasteiger partial charge in [-0.25, -0.2) is 4.79 Å². The third kappa shape index (κ3) is 1.87. The van der Waals surface area contributed by atoms with Crippen molar-refractivity contribution in [1.29, 1.82) is 0 Å². The summed E-state index contributed by atoms with van der Waals surface area (Å²) in [6, 6.07) is 11.3. The molecule has 2 aromatic rings. The highest BCUT2D eigenvalue weighted by atomic mass is 16.5. The van der Waals surface area contributed by atoms with Crippen molar-refractivity contribution in [2.75, 3.05) is 0 Å². The van der Waals surface area contributed by atoms with E-state index in [0.29, 0.717) is 11.3 Å². The Labute approximate surface area is 123 Å². The van der Waals surface area contributed by atoms with Crippen LogP contribution in [0.2, 0.25) is 0 Å². The summed E-state index contributed by atoms with van der Waals surface area (Å²) < 4.78 is 5.46. The van der Waals surface area contributed by atoms with Crippen LogP contribution < -0.4 is 5.63 Å². The van der Waals surface area contributed by atoms with E-state index in [9.17, 15) is 10.0 Å². The van der Waals surface area contributed by atoms with Gasteiger partial charge in [0, 0.05) is 5.56 Å². The number of hydrogen-bond acceptors (Lipinski definition) is 3. The van der Waals surface area contributed by atoms with Crippen molar-refractivity contribution >= 4 is 0 Å². The van der Waals surface area contributed by atoms with Gasteiger partial charge in [-0.1, -0.05) is 30.3 Å². The molecule has 3 rings (SSSR count). The smallest absolute Gasteiger partial charge is 0.341 e. The summed E-state index contributed by atoms with van der Waals surface area (Å²) in [5.74, 6) is 0.499. The molecule has 0 bridgehead atoms. The number of rotatable bonds is 1. The summed E-state index contributed by atoms with van der Waals surface area (Å²) in [4.78, 5) is 12.4. The van der Waals surface area contributed by atoms with Crippen LogP contribution >= 0.6 is 0 Å². The van der Waals surface area contributed by atoms with Crippen LogP contribution in [0.1, 0.15) is 38.8 Å². The van der Waals surface area contributed by atoms with Gasteiger partial charge in [0.15, 0.2) is 0 Å². The van der Waals surface area contributed by atoms with Gasteiger partial charge in [-0.05, 0) is 39.3 Å². The highest BCUT2D eigenvalue weighted by Crippen LogP contribution is 2.47. The molecule has 0 amide bonds. The van der Waals surface area contributed by atoms with Gasteiger partial charge in [0.1, 0.15) is 5.76 Å². The lowest BCUT2D eigenvalue weighted by molar-refractivity contribution is -0.266. The maximum absolute atomic E-state index is 12.5. The first-order chi connectivity index (χ1) is 9.76. The van der Waals surface area contributed by atoms with Crippen LogP contribution in [-0.4, -0.2) is 5.06 Å². The molecule has 1 aliphatic heterocycles. The van der Waals surface area contributed by atoms with Crippen LogP contribution in [0.3, 0.4) is 0 Å². The molecule has 0 fully saturated rings. The Kier molecular flexibility index (Phi) is 2.87. The van der Waals surface area contributed by atoms with Gasteiger partial charge in [-0.15, -0.1) is 10.3 Å². The Balaban J connectivity index is 2.29. The minimum atomic E-state index is -0.880. The predicted octanol–water partition coefficient (Wildman–Crippen LogP) is 3.44. The fourth-order valence-electron chi connectivity index (χ4n) is 3.21. The highest BCUT2D eigenvalue weighted by Gasteiger charge is 2.52. The van der Waals surface area contributed by atoms with Gasteiger partial charge in [0.05, 0.1) is 16.6 Å². The van der Waals surface area contributed by atoms with Crippen molar-refractivity contribution in [3.8, 4) is 11.3 Å². The van der Waals surface area contributed by atoms with Crippen LogP contribution in [0, 0.1) is 0 Å². The molecule has 4 nitrogen and oxygen atoms in total. The van der Waals surface area contributed by atoms with Gasteiger partial charge < -0.3 is 4.42 Å². The standard InChI is InChI=1S/C17H18NO3/c1-16(2)12-10-13(11-8-6-5-7-9-11)21-15(19)14(12)17(3,4)18(16)20/h5-10H,1-4H3. The summed E-state index contributed by atoms with van der Waals surface area (Å²) in [7, 11) is 0. The van der Waals surface area contributed by atoms with E-state index in [2.05, 4.69) is 0 Å². The van der Waals surface area contributed by atoms with Crippen LogP contribution in [0.4, 0.5) is 0 Å². The number of hydrogen-bond donors (Lipinski definition) is 0. The summed E-state index contributed by atoms with van der Waals surface area (Å²) in [5, 5.41) is 13.5. The molecular formula is C17H18NO3. The maximum atomic E-state index is 12.5. The van der Waals surface area contributed by atoms with E-state index in [4.69, 9.17) is 4.42 Å². The topological polar surface area (TPSA) is 53.4 Å². The quantitative estimate of drug-likeness (QED) is 0.806. The minimum Gasteiger partial charge on any atom is -0.422 e. The highest BCUT2D eigenvalue weighted by molar-refractivity contribution is 5.59. The third-order valence-corrected chi connectivity index (χ3v) is 4.30. The molecule has 0 aliphatic carbocycles. The first kappa shape index (κ1) is 14.0. The molecule has 0 saturated heterocycles. The van der Waals surface area contributed by atoms with Crippen LogP contribution in [0.25, 0.3) is 11.3 Å². The van der Waals surface area contributed by atoms with E-state index in [1.54, 1.807) is 13.8 Å². The summed E-state index contributed by atoms with van der Waals surface area (Å²) in [6.45, 7) is 7.18. The third-order valence-electron chi connectivity index (χ3n) is 4.30. The predicted molar refractivity (Wildman–Crippen MR) is 79.0 cm³/mol. The van der Waals surface area contributed by atoms with E-state index in [-0.39, 0.29) is 0 Å². The molecule has 1 aromatic heterocycles. The Hall–Kier alpha value is -1.91. The molecular weight excluding hydrogens is 266 g/mol. The van der Waals surface area contributed by atoms with Crippen molar-refractivity contribution in [2.45, 2.75) is 38.8 Å². The molecule has 0 unspecified atom stereocenters. The molecule has 109 valence electrons. The van der Waals surface area contributed by atoms with Crippen LogP contribution in [0.5, 0.6) is 0 Å². The zero-order chi connectivity index (χ0) is 15.4. The minimum absolute atomic E-state index is 0.428. The lowest BCUT2D eigenvalue weighted by atomic mass is 9.91. The zero-order valence-corrected chi connectivity index (χ0v) is 12.6. The normalized spacial score (nSPS) is 19.5. The Bertz CT molecular complexity index is 744. The van der Waals surface area contributed by atoms with Crippen molar-refractivity contribution in [3.05, 3.63) is 57.9 Å². The van der Waals surface area contributed by atoms with E-state index >= 15 is 0 Å². The molecule has 2 heterocycles. The molecule has 1 radical (unpaired) electrons. The molecule has 0 spiro atoms. The summed E-state index contributed by atoms with van der Waals surface area (Å²) >= 11 is 0. The van der Waals surface area contributed by atoms with Gasteiger partial charge in [-0.3, -0.25) is 0 Å². The van der Waals surface area contributed by atoms with Crippen molar-refractivity contribution in [2.24, 2.45) is 0 Å². The first-order valence-electron chi connectivity index (χ1n) is 6.98.